The minimum atomic E-state index is 0.225. The summed E-state index contributed by atoms with van der Waals surface area (Å²) in [6.45, 7) is 5.77. The summed E-state index contributed by atoms with van der Waals surface area (Å²) in [4.78, 5) is 19.1. The summed E-state index contributed by atoms with van der Waals surface area (Å²) in [5.41, 5.74) is 1.09. The van der Waals surface area contributed by atoms with Crippen LogP contribution >= 0.6 is 0 Å². The molecule has 1 aromatic heterocycles. The van der Waals surface area contributed by atoms with E-state index in [1.165, 1.54) is 7.11 Å². The van der Waals surface area contributed by atoms with Gasteiger partial charge in [-0.3, -0.25) is 4.79 Å². The van der Waals surface area contributed by atoms with E-state index in [0.717, 1.165) is 6.29 Å². The number of carbonyl (C=O) groups excluding carboxylic acids is 1. The Morgan fingerprint density at radius 2 is 2.00 bits per heavy atom. The molecule has 0 fully saturated rings. The van der Waals surface area contributed by atoms with Crippen LogP contribution in [0.2, 0.25) is 0 Å². The van der Waals surface area contributed by atoms with E-state index in [4.69, 9.17) is 4.74 Å². The van der Waals surface area contributed by atoms with E-state index < -0.39 is 0 Å². The molecule has 0 N–H and O–H groups in total. The first-order valence-electron chi connectivity index (χ1n) is 4.47. The Kier molecular flexibility index (Phi) is 3.17. The van der Waals surface area contributed by atoms with Gasteiger partial charge in [-0.05, 0) is 6.92 Å². The van der Waals surface area contributed by atoms with Crippen LogP contribution in [0, 0.1) is 6.92 Å². The van der Waals surface area contributed by atoms with Crippen molar-refractivity contribution in [2.45, 2.75) is 26.7 Å². The lowest BCUT2D eigenvalue weighted by molar-refractivity contribution is 0.111. The van der Waals surface area contributed by atoms with Crippen LogP contribution in [0.15, 0.2) is 0 Å². The lowest BCUT2D eigenvalue weighted by Crippen LogP contribution is -2.06. The third-order valence-electron chi connectivity index (χ3n) is 1.95. The number of hydrogen-bond acceptors (Lipinski definition) is 4. The van der Waals surface area contributed by atoms with Crippen molar-refractivity contribution in [3.63, 3.8) is 0 Å². The fourth-order valence-corrected chi connectivity index (χ4v) is 1.13. The van der Waals surface area contributed by atoms with Gasteiger partial charge in [-0.15, -0.1) is 0 Å². The molecule has 0 saturated heterocycles. The average Bonchev–Trinajstić information content (AvgIpc) is 2.16. The Morgan fingerprint density at radius 3 is 2.43 bits per heavy atom. The summed E-state index contributed by atoms with van der Waals surface area (Å²) in [6.07, 6.45) is 0.721. The van der Waals surface area contributed by atoms with Crippen LogP contribution in [-0.4, -0.2) is 23.4 Å². The summed E-state index contributed by atoms with van der Waals surface area (Å²) in [5, 5.41) is 0. The fraction of sp³-hybridized carbons (Fsp3) is 0.500. The van der Waals surface area contributed by atoms with Crippen LogP contribution in [0.5, 0.6) is 5.88 Å². The fourth-order valence-electron chi connectivity index (χ4n) is 1.13. The number of aromatic nitrogens is 2. The Labute approximate surface area is 83.3 Å². The summed E-state index contributed by atoms with van der Waals surface area (Å²) >= 11 is 0. The lowest BCUT2D eigenvalue weighted by Gasteiger charge is -2.09. The smallest absolute Gasteiger partial charge is 0.227 e. The highest BCUT2D eigenvalue weighted by molar-refractivity contribution is 5.79. The molecule has 0 radical (unpaired) electrons. The Hall–Kier alpha value is -1.45. The van der Waals surface area contributed by atoms with Crippen molar-refractivity contribution < 1.29 is 9.53 Å². The van der Waals surface area contributed by atoms with Gasteiger partial charge in [0, 0.05) is 5.92 Å². The van der Waals surface area contributed by atoms with E-state index in [-0.39, 0.29) is 5.92 Å². The van der Waals surface area contributed by atoms with E-state index >= 15 is 0 Å². The molecule has 1 heterocycles. The molecule has 14 heavy (non-hydrogen) atoms. The summed E-state index contributed by atoms with van der Waals surface area (Å²) in [6, 6.07) is 0. The monoisotopic (exact) mass is 194 g/mol. The molecule has 0 atom stereocenters. The van der Waals surface area contributed by atoms with Gasteiger partial charge in [-0.2, -0.15) is 4.98 Å². The van der Waals surface area contributed by atoms with E-state index in [1.54, 1.807) is 6.92 Å². The van der Waals surface area contributed by atoms with Crippen molar-refractivity contribution in [1.29, 1.82) is 0 Å². The molecule has 0 unspecified atom stereocenters. The molecule has 76 valence electrons. The number of carbonyl (C=O) groups is 1. The zero-order valence-corrected chi connectivity index (χ0v) is 8.87. The van der Waals surface area contributed by atoms with Crippen LogP contribution in [0.1, 0.15) is 41.6 Å². The molecule has 0 aliphatic rings. The number of aryl methyl sites for hydroxylation is 1. The van der Waals surface area contributed by atoms with Gasteiger partial charge in [0.25, 0.3) is 0 Å². The normalized spacial score (nSPS) is 10.4. The van der Waals surface area contributed by atoms with Crippen molar-refractivity contribution in [2.75, 3.05) is 7.11 Å². The maximum Gasteiger partial charge on any atom is 0.227 e. The van der Waals surface area contributed by atoms with Gasteiger partial charge in [-0.25, -0.2) is 4.98 Å². The Bertz CT molecular complexity index is 348. The predicted molar refractivity (Wildman–Crippen MR) is 52.8 cm³/mol. The summed E-state index contributed by atoms with van der Waals surface area (Å²) in [5.74, 6) is 1.28. The standard InChI is InChI=1S/C10H14N2O2/c1-6(2)9-11-7(3)8(5-13)10(12-9)14-4/h5-6H,1-4H3. The lowest BCUT2D eigenvalue weighted by atomic mass is 10.2. The number of rotatable bonds is 3. The number of aldehydes is 1. The minimum absolute atomic E-state index is 0.225. The summed E-state index contributed by atoms with van der Waals surface area (Å²) < 4.78 is 5.03. The number of hydrogen-bond donors (Lipinski definition) is 0. The quantitative estimate of drug-likeness (QED) is 0.687. The van der Waals surface area contributed by atoms with Gasteiger partial charge in [0.1, 0.15) is 5.82 Å². The zero-order chi connectivity index (χ0) is 10.7. The van der Waals surface area contributed by atoms with E-state index in [0.29, 0.717) is 23.0 Å². The highest BCUT2D eigenvalue weighted by Gasteiger charge is 2.12. The third kappa shape index (κ3) is 1.89. The molecule has 0 saturated carbocycles. The number of methoxy groups -OCH3 is 1. The van der Waals surface area contributed by atoms with Crippen molar-refractivity contribution in [2.24, 2.45) is 0 Å². The van der Waals surface area contributed by atoms with Crippen molar-refractivity contribution in [3.05, 3.63) is 17.1 Å². The molecule has 0 aromatic carbocycles. The third-order valence-corrected chi connectivity index (χ3v) is 1.95. The van der Waals surface area contributed by atoms with Crippen LogP contribution in [0.25, 0.3) is 0 Å². The van der Waals surface area contributed by atoms with E-state index in [9.17, 15) is 4.79 Å². The van der Waals surface area contributed by atoms with Gasteiger partial charge in [0.15, 0.2) is 6.29 Å². The Balaban J connectivity index is 3.31. The maximum atomic E-state index is 10.7. The zero-order valence-electron chi connectivity index (χ0n) is 8.87. The largest absolute Gasteiger partial charge is 0.480 e. The first-order chi connectivity index (χ1) is 6.60. The predicted octanol–water partition coefficient (Wildman–Crippen LogP) is 1.73. The molecular weight excluding hydrogens is 180 g/mol. The second-order valence-corrected chi connectivity index (χ2v) is 3.36. The van der Waals surface area contributed by atoms with Gasteiger partial charge in [-0.1, -0.05) is 13.8 Å². The van der Waals surface area contributed by atoms with Gasteiger partial charge < -0.3 is 4.74 Å². The maximum absolute atomic E-state index is 10.7. The van der Waals surface area contributed by atoms with E-state index in [1.807, 2.05) is 13.8 Å². The van der Waals surface area contributed by atoms with E-state index in [2.05, 4.69) is 9.97 Å². The molecule has 0 amide bonds. The van der Waals surface area contributed by atoms with Crippen LogP contribution < -0.4 is 4.74 Å². The van der Waals surface area contributed by atoms with Gasteiger partial charge in [0.05, 0.1) is 18.4 Å². The van der Waals surface area contributed by atoms with Gasteiger partial charge >= 0.3 is 0 Å². The summed E-state index contributed by atoms with van der Waals surface area (Å²) in [7, 11) is 1.50. The molecule has 0 aliphatic heterocycles. The number of nitrogens with zero attached hydrogens (tertiary/aromatic N) is 2. The molecule has 1 aromatic rings. The highest BCUT2D eigenvalue weighted by Crippen LogP contribution is 2.19. The first-order valence-corrected chi connectivity index (χ1v) is 4.47. The van der Waals surface area contributed by atoms with Gasteiger partial charge in [0.2, 0.25) is 5.88 Å². The Morgan fingerprint density at radius 1 is 1.36 bits per heavy atom. The first kappa shape index (κ1) is 10.6. The SMILES string of the molecule is COc1nc(C(C)C)nc(C)c1C=O. The second kappa shape index (κ2) is 4.17. The van der Waals surface area contributed by atoms with Crippen LogP contribution in [-0.2, 0) is 0 Å². The molecule has 1 rings (SSSR count). The van der Waals surface area contributed by atoms with Crippen LogP contribution in [0.4, 0.5) is 0 Å². The highest BCUT2D eigenvalue weighted by atomic mass is 16.5. The second-order valence-electron chi connectivity index (χ2n) is 3.36. The molecule has 4 nitrogen and oxygen atoms in total. The van der Waals surface area contributed by atoms with Crippen LogP contribution in [0.3, 0.4) is 0 Å². The topological polar surface area (TPSA) is 52.1 Å². The molecular formula is C10H14N2O2. The minimum Gasteiger partial charge on any atom is -0.480 e. The van der Waals surface area contributed by atoms with Crippen molar-refractivity contribution in [1.82, 2.24) is 9.97 Å². The van der Waals surface area contributed by atoms with Crippen molar-refractivity contribution in [3.8, 4) is 5.88 Å². The molecule has 0 bridgehead atoms. The molecule has 4 heteroatoms. The molecule has 0 spiro atoms. The average molecular weight is 194 g/mol. The van der Waals surface area contributed by atoms with Crippen molar-refractivity contribution >= 4 is 6.29 Å². The number of ether oxygens (including phenoxy) is 1. The molecule has 0 aliphatic carbocycles.